The van der Waals surface area contributed by atoms with Gasteiger partial charge in [-0.25, -0.2) is 4.79 Å². The molecule has 0 fully saturated rings. The molecule has 0 aromatic heterocycles. The van der Waals surface area contributed by atoms with Crippen molar-refractivity contribution in [1.29, 1.82) is 0 Å². The predicted octanol–water partition coefficient (Wildman–Crippen LogP) is 5.92. The van der Waals surface area contributed by atoms with E-state index in [1.165, 1.54) is 41.0 Å². The third kappa shape index (κ3) is 5.75. The van der Waals surface area contributed by atoms with Crippen molar-refractivity contribution in [2.24, 2.45) is 5.92 Å². The van der Waals surface area contributed by atoms with Gasteiger partial charge in [0.15, 0.2) is 0 Å². The van der Waals surface area contributed by atoms with E-state index in [2.05, 4.69) is 65.9 Å². The summed E-state index contributed by atoms with van der Waals surface area (Å²) in [5.74, 6) is 0.598. The Hall–Kier alpha value is -3.37. The Morgan fingerprint density at radius 2 is 1.76 bits per heavy atom. The van der Waals surface area contributed by atoms with Gasteiger partial charge in [-0.15, -0.1) is 0 Å². The highest BCUT2D eigenvalue weighted by Crippen LogP contribution is 2.37. The van der Waals surface area contributed by atoms with Gasteiger partial charge in [0, 0.05) is 19.2 Å². The van der Waals surface area contributed by atoms with Crippen molar-refractivity contribution in [3.8, 4) is 5.75 Å². The summed E-state index contributed by atoms with van der Waals surface area (Å²) >= 11 is 0. The van der Waals surface area contributed by atoms with Gasteiger partial charge in [-0.2, -0.15) is 0 Å². The number of methoxy groups -OCH3 is 1. The molecule has 1 N–H and O–H groups in total. The number of rotatable bonds is 7. The summed E-state index contributed by atoms with van der Waals surface area (Å²) in [4.78, 5) is 13.9. The Bertz CT molecular complexity index is 1150. The van der Waals surface area contributed by atoms with Gasteiger partial charge >= 0.3 is 5.97 Å². The summed E-state index contributed by atoms with van der Waals surface area (Å²) in [6, 6.07) is 23.2. The fourth-order valence-electron chi connectivity index (χ4n) is 4.73. The molecule has 1 aliphatic heterocycles. The maximum Gasteiger partial charge on any atom is 0.330 e. The molecule has 3 aromatic carbocycles. The molecule has 3 aromatic rings. The number of aromatic hydroxyl groups is 1. The zero-order valence-corrected chi connectivity index (χ0v) is 20.2. The van der Waals surface area contributed by atoms with Crippen LogP contribution in [0.25, 0.3) is 6.08 Å². The van der Waals surface area contributed by atoms with Crippen LogP contribution >= 0.6 is 0 Å². The molecule has 0 amide bonds. The molecule has 0 spiro atoms. The molecule has 0 saturated carbocycles. The molecule has 1 atom stereocenters. The third-order valence-electron chi connectivity index (χ3n) is 6.37. The van der Waals surface area contributed by atoms with Crippen LogP contribution in [0.5, 0.6) is 5.75 Å². The standard InChI is InChI=1S/C30H33NO3/c1-21(2)18-23-4-6-24(7-5-23)20-31-17-16-26-19-27(32)13-14-28(26)30(31)25-11-8-22(9-12-25)10-15-29(33)34-3/h4-15,19,21,30,32H,16-18,20H2,1-3H3/b15-10+. The van der Waals surface area contributed by atoms with Gasteiger partial charge in [0.2, 0.25) is 0 Å². The Morgan fingerprint density at radius 1 is 1.06 bits per heavy atom. The molecule has 1 heterocycles. The second-order valence-corrected chi connectivity index (χ2v) is 9.44. The van der Waals surface area contributed by atoms with Crippen molar-refractivity contribution in [1.82, 2.24) is 4.90 Å². The van der Waals surface area contributed by atoms with Crippen LogP contribution in [0.1, 0.15) is 53.3 Å². The zero-order chi connectivity index (χ0) is 24.1. The van der Waals surface area contributed by atoms with Gasteiger partial charge in [-0.05, 0) is 70.3 Å². The van der Waals surface area contributed by atoms with E-state index in [-0.39, 0.29) is 12.0 Å². The number of esters is 1. The van der Waals surface area contributed by atoms with E-state index in [0.29, 0.717) is 11.7 Å². The molecule has 4 heteroatoms. The van der Waals surface area contributed by atoms with Gasteiger partial charge in [0.25, 0.3) is 0 Å². The first kappa shape index (κ1) is 23.8. The van der Waals surface area contributed by atoms with Crippen LogP contribution in [0, 0.1) is 5.92 Å². The molecule has 1 aliphatic rings. The Morgan fingerprint density at radius 3 is 2.44 bits per heavy atom. The van der Waals surface area contributed by atoms with Gasteiger partial charge < -0.3 is 9.84 Å². The average molecular weight is 456 g/mol. The number of benzene rings is 3. The normalized spacial score (nSPS) is 16.1. The van der Waals surface area contributed by atoms with E-state index >= 15 is 0 Å². The number of carbonyl (C=O) groups is 1. The Labute approximate surface area is 202 Å². The second-order valence-electron chi connectivity index (χ2n) is 9.44. The number of nitrogens with zero attached hydrogens (tertiary/aromatic N) is 1. The summed E-state index contributed by atoms with van der Waals surface area (Å²) in [5.41, 5.74) is 7.26. The smallest absolute Gasteiger partial charge is 0.330 e. The lowest BCUT2D eigenvalue weighted by Crippen LogP contribution is -2.35. The van der Waals surface area contributed by atoms with Crippen LogP contribution in [0.15, 0.2) is 72.8 Å². The number of phenolic OH excluding ortho intramolecular Hbond substituents is 1. The highest BCUT2D eigenvalue weighted by Gasteiger charge is 2.29. The van der Waals surface area contributed by atoms with Gasteiger partial charge in [-0.3, -0.25) is 4.90 Å². The van der Waals surface area contributed by atoms with Crippen molar-refractivity contribution in [3.63, 3.8) is 0 Å². The SMILES string of the molecule is COC(=O)/C=C/c1ccc(C2c3ccc(O)cc3CCN2Cc2ccc(CC(C)C)cc2)cc1. The fourth-order valence-corrected chi connectivity index (χ4v) is 4.73. The molecule has 0 radical (unpaired) electrons. The molecule has 4 rings (SSSR count). The average Bonchev–Trinajstić information content (AvgIpc) is 2.83. The minimum absolute atomic E-state index is 0.0957. The Balaban J connectivity index is 1.62. The molecule has 1 unspecified atom stereocenters. The molecule has 34 heavy (non-hydrogen) atoms. The van der Waals surface area contributed by atoms with Gasteiger partial charge in [0.05, 0.1) is 13.2 Å². The van der Waals surface area contributed by atoms with Crippen molar-refractivity contribution in [2.45, 2.75) is 39.3 Å². The number of phenols is 1. The quantitative estimate of drug-likeness (QED) is 0.355. The van der Waals surface area contributed by atoms with Crippen LogP contribution in [0.4, 0.5) is 0 Å². The topological polar surface area (TPSA) is 49.8 Å². The summed E-state index contributed by atoms with van der Waals surface area (Å²) < 4.78 is 4.68. The number of ether oxygens (including phenoxy) is 1. The maximum absolute atomic E-state index is 11.4. The van der Waals surface area contributed by atoms with E-state index < -0.39 is 0 Å². The van der Waals surface area contributed by atoms with Crippen LogP contribution in [-0.4, -0.2) is 29.6 Å². The van der Waals surface area contributed by atoms with Crippen molar-refractivity contribution in [3.05, 3.63) is 106 Å². The predicted molar refractivity (Wildman–Crippen MR) is 137 cm³/mol. The van der Waals surface area contributed by atoms with E-state index in [1.54, 1.807) is 12.1 Å². The van der Waals surface area contributed by atoms with Crippen LogP contribution in [0.3, 0.4) is 0 Å². The molecule has 0 saturated heterocycles. The summed E-state index contributed by atoms with van der Waals surface area (Å²) in [6.07, 6.45) is 5.20. The lowest BCUT2D eigenvalue weighted by molar-refractivity contribution is -0.134. The lowest BCUT2D eigenvalue weighted by Gasteiger charge is -2.38. The minimum Gasteiger partial charge on any atom is -0.508 e. The summed E-state index contributed by atoms with van der Waals surface area (Å²) in [5, 5.41) is 10.0. The maximum atomic E-state index is 11.4. The fraction of sp³-hybridized carbons (Fsp3) is 0.300. The number of carbonyl (C=O) groups excluding carboxylic acids is 1. The molecule has 0 aliphatic carbocycles. The molecule has 0 bridgehead atoms. The third-order valence-corrected chi connectivity index (χ3v) is 6.37. The van der Waals surface area contributed by atoms with Crippen molar-refractivity contribution in [2.75, 3.05) is 13.7 Å². The molecular formula is C30H33NO3. The summed E-state index contributed by atoms with van der Waals surface area (Å²) in [6.45, 7) is 6.27. The first-order valence-electron chi connectivity index (χ1n) is 11.9. The van der Waals surface area contributed by atoms with Gasteiger partial charge in [-0.1, -0.05) is 68.4 Å². The minimum atomic E-state index is -0.365. The van der Waals surface area contributed by atoms with E-state index in [0.717, 1.165) is 31.5 Å². The molecular weight excluding hydrogens is 422 g/mol. The largest absolute Gasteiger partial charge is 0.508 e. The first-order valence-corrected chi connectivity index (χ1v) is 11.9. The van der Waals surface area contributed by atoms with Crippen LogP contribution < -0.4 is 0 Å². The second kappa shape index (κ2) is 10.7. The lowest BCUT2D eigenvalue weighted by atomic mass is 9.87. The van der Waals surface area contributed by atoms with Gasteiger partial charge in [0.1, 0.15) is 5.75 Å². The van der Waals surface area contributed by atoms with E-state index in [4.69, 9.17) is 0 Å². The van der Waals surface area contributed by atoms with Crippen LogP contribution in [0.2, 0.25) is 0 Å². The van der Waals surface area contributed by atoms with E-state index in [1.807, 2.05) is 18.2 Å². The highest BCUT2D eigenvalue weighted by atomic mass is 16.5. The number of hydrogen-bond donors (Lipinski definition) is 1. The first-order chi connectivity index (χ1) is 16.4. The van der Waals surface area contributed by atoms with Crippen molar-refractivity contribution >= 4 is 12.0 Å². The monoisotopic (exact) mass is 455 g/mol. The van der Waals surface area contributed by atoms with E-state index in [9.17, 15) is 9.90 Å². The Kier molecular flexibility index (Phi) is 7.49. The van der Waals surface area contributed by atoms with Crippen LogP contribution in [-0.2, 0) is 28.9 Å². The number of hydrogen-bond acceptors (Lipinski definition) is 4. The van der Waals surface area contributed by atoms with Crippen molar-refractivity contribution < 1.29 is 14.6 Å². The molecule has 176 valence electrons. The number of fused-ring (bicyclic) bond motifs is 1. The highest BCUT2D eigenvalue weighted by molar-refractivity contribution is 5.86. The molecule has 4 nitrogen and oxygen atoms in total. The summed E-state index contributed by atoms with van der Waals surface area (Å²) in [7, 11) is 1.38. The zero-order valence-electron chi connectivity index (χ0n) is 20.2.